The summed E-state index contributed by atoms with van der Waals surface area (Å²) >= 11 is 0. The molecule has 1 saturated heterocycles. The van der Waals surface area contributed by atoms with Gasteiger partial charge in [0.25, 0.3) is 5.91 Å². The van der Waals surface area contributed by atoms with Crippen molar-refractivity contribution in [2.24, 2.45) is 22.5 Å². The van der Waals surface area contributed by atoms with Crippen LogP contribution in [0.1, 0.15) is 50.0 Å². The Balaban J connectivity index is 1.61. The molecule has 1 heterocycles. The van der Waals surface area contributed by atoms with Gasteiger partial charge in [-0.3, -0.25) is 19.2 Å². The van der Waals surface area contributed by atoms with Crippen LogP contribution in [0.15, 0.2) is 54.6 Å². The van der Waals surface area contributed by atoms with Gasteiger partial charge in [-0.05, 0) is 47.1 Å². The molecule has 4 amide bonds. The number of carbonyl (C=O) groups is 4. The predicted molar refractivity (Wildman–Crippen MR) is 129 cm³/mol. The fourth-order valence-corrected chi connectivity index (χ4v) is 5.20. The lowest BCUT2D eigenvalue weighted by Gasteiger charge is -2.29. The van der Waals surface area contributed by atoms with E-state index >= 15 is 0 Å². The quantitative estimate of drug-likeness (QED) is 0.640. The minimum Gasteiger partial charge on any atom is -0.366 e. The molecule has 7 heteroatoms. The van der Waals surface area contributed by atoms with Gasteiger partial charge in [0, 0.05) is 18.0 Å². The number of primary amides is 1. The van der Waals surface area contributed by atoms with E-state index in [1.807, 2.05) is 30.3 Å². The Morgan fingerprint density at radius 2 is 1.56 bits per heavy atom. The summed E-state index contributed by atoms with van der Waals surface area (Å²) in [7, 11) is 0. The van der Waals surface area contributed by atoms with E-state index in [0.717, 1.165) is 10.5 Å². The molecule has 2 fully saturated rings. The van der Waals surface area contributed by atoms with Crippen LogP contribution >= 0.6 is 0 Å². The van der Waals surface area contributed by atoms with Crippen LogP contribution in [0.25, 0.3) is 0 Å². The Labute approximate surface area is 199 Å². The van der Waals surface area contributed by atoms with Crippen LogP contribution in [0, 0.1) is 16.7 Å². The van der Waals surface area contributed by atoms with Crippen molar-refractivity contribution in [2.45, 2.75) is 46.6 Å². The van der Waals surface area contributed by atoms with Crippen LogP contribution in [0.4, 0.5) is 5.69 Å². The maximum absolute atomic E-state index is 13.8. The topological polar surface area (TPSA) is 101 Å². The molecular weight excluding hydrogens is 430 g/mol. The second kappa shape index (κ2) is 8.38. The minimum atomic E-state index is -0.855. The van der Waals surface area contributed by atoms with Crippen LogP contribution in [-0.4, -0.2) is 41.1 Å². The Hall–Kier alpha value is -3.48. The number of amides is 4. The van der Waals surface area contributed by atoms with Gasteiger partial charge in [0.1, 0.15) is 6.04 Å². The molecule has 0 spiro atoms. The molecule has 2 aliphatic rings. The number of rotatable bonds is 7. The van der Waals surface area contributed by atoms with E-state index < -0.39 is 17.9 Å². The van der Waals surface area contributed by atoms with Gasteiger partial charge in [-0.1, -0.05) is 58.0 Å². The lowest BCUT2D eigenvalue weighted by atomic mass is 10.0. The van der Waals surface area contributed by atoms with Gasteiger partial charge in [-0.2, -0.15) is 0 Å². The Morgan fingerprint density at radius 3 is 2.09 bits per heavy atom. The largest absolute Gasteiger partial charge is 0.366 e. The molecule has 0 aromatic heterocycles. The maximum Gasteiger partial charge on any atom is 0.257 e. The van der Waals surface area contributed by atoms with Crippen molar-refractivity contribution in [3.8, 4) is 0 Å². The van der Waals surface area contributed by atoms with Crippen molar-refractivity contribution in [3.05, 3.63) is 65.7 Å². The summed E-state index contributed by atoms with van der Waals surface area (Å²) in [5, 5.41) is 0. The highest BCUT2D eigenvalue weighted by Crippen LogP contribution is 2.69. The number of imide groups is 1. The molecule has 1 aliphatic carbocycles. The second-order valence-corrected chi connectivity index (χ2v) is 10.3. The normalized spacial score (nSPS) is 20.9. The van der Waals surface area contributed by atoms with E-state index in [2.05, 4.69) is 27.7 Å². The van der Waals surface area contributed by atoms with E-state index in [-0.39, 0.29) is 40.5 Å². The number of nitrogens with zero attached hydrogens (tertiary/aromatic N) is 2. The fraction of sp³-hybridized carbons (Fsp3) is 0.407. The number of carbonyl (C=O) groups excluding carboxylic acids is 4. The molecule has 178 valence electrons. The van der Waals surface area contributed by atoms with E-state index in [4.69, 9.17) is 5.73 Å². The average Bonchev–Trinajstić information content (AvgIpc) is 3.02. The monoisotopic (exact) mass is 461 g/mol. The van der Waals surface area contributed by atoms with Crippen LogP contribution in [-0.2, 0) is 20.8 Å². The van der Waals surface area contributed by atoms with E-state index in [9.17, 15) is 19.2 Å². The summed E-state index contributed by atoms with van der Waals surface area (Å²) in [6.45, 7) is 8.63. The minimum absolute atomic E-state index is 0.0650. The number of benzene rings is 2. The molecule has 1 atom stereocenters. The number of nitrogens with two attached hydrogens (primary N) is 1. The van der Waals surface area contributed by atoms with E-state index in [0.29, 0.717) is 18.7 Å². The molecular formula is C27H31N3O4. The van der Waals surface area contributed by atoms with Crippen molar-refractivity contribution < 1.29 is 19.2 Å². The first-order valence-electron chi connectivity index (χ1n) is 11.6. The van der Waals surface area contributed by atoms with Crippen LogP contribution in [0.5, 0.6) is 0 Å². The number of hydrogen-bond donors (Lipinski definition) is 1. The van der Waals surface area contributed by atoms with E-state index in [1.165, 1.54) is 24.3 Å². The number of hydrogen-bond acceptors (Lipinski definition) is 4. The Kier molecular flexibility index (Phi) is 5.84. The summed E-state index contributed by atoms with van der Waals surface area (Å²) in [5.74, 6) is -1.68. The first kappa shape index (κ1) is 23.7. The standard InChI is InChI=1S/C27H31N3O4/c1-26(2)22(27(26,3)4)25(34)29(15-14-17-8-6-5-7-9-17)20-16-21(31)30(24(20)33)19-12-10-18(11-13-19)23(28)32/h5-13,20,22H,14-16H2,1-4H3,(H2,28,32). The second-order valence-electron chi connectivity index (χ2n) is 10.3. The third-order valence-corrected chi connectivity index (χ3v) is 7.94. The molecule has 1 unspecified atom stereocenters. The van der Waals surface area contributed by atoms with Crippen molar-refractivity contribution in [3.63, 3.8) is 0 Å². The molecule has 2 aromatic rings. The molecule has 2 N–H and O–H groups in total. The molecule has 34 heavy (non-hydrogen) atoms. The van der Waals surface area contributed by atoms with Crippen LogP contribution in [0.2, 0.25) is 0 Å². The molecule has 7 nitrogen and oxygen atoms in total. The summed E-state index contributed by atoms with van der Waals surface area (Å²) in [6.07, 6.45) is 0.524. The zero-order valence-electron chi connectivity index (χ0n) is 20.1. The Bertz CT molecular complexity index is 1120. The Morgan fingerprint density at radius 1 is 0.971 bits per heavy atom. The van der Waals surface area contributed by atoms with Gasteiger partial charge in [0.05, 0.1) is 12.1 Å². The van der Waals surface area contributed by atoms with Crippen molar-refractivity contribution in [2.75, 3.05) is 11.4 Å². The third kappa shape index (κ3) is 3.89. The molecule has 0 radical (unpaired) electrons. The highest BCUT2D eigenvalue weighted by atomic mass is 16.2. The fourth-order valence-electron chi connectivity index (χ4n) is 5.20. The van der Waals surface area contributed by atoms with Gasteiger partial charge >= 0.3 is 0 Å². The van der Waals surface area contributed by atoms with Crippen molar-refractivity contribution >= 4 is 29.3 Å². The van der Waals surface area contributed by atoms with Gasteiger partial charge in [0.15, 0.2) is 0 Å². The first-order chi connectivity index (χ1) is 16.0. The number of anilines is 1. The molecule has 2 aromatic carbocycles. The lowest BCUT2D eigenvalue weighted by Crippen LogP contribution is -2.47. The van der Waals surface area contributed by atoms with E-state index in [1.54, 1.807) is 4.90 Å². The summed E-state index contributed by atoms with van der Waals surface area (Å²) in [4.78, 5) is 54.3. The SMILES string of the molecule is CC1(C)C(C(=O)N(CCc2ccccc2)C2CC(=O)N(c3ccc(C(N)=O)cc3)C2=O)C1(C)C. The van der Waals surface area contributed by atoms with Gasteiger partial charge < -0.3 is 10.6 Å². The average molecular weight is 462 g/mol. The molecule has 1 saturated carbocycles. The smallest absolute Gasteiger partial charge is 0.257 e. The highest BCUT2D eigenvalue weighted by Gasteiger charge is 2.69. The van der Waals surface area contributed by atoms with Crippen molar-refractivity contribution in [1.29, 1.82) is 0 Å². The highest BCUT2D eigenvalue weighted by molar-refractivity contribution is 6.23. The summed E-state index contributed by atoms with van der Waals surface area (Å²) in [6, 6.07) is 15.0. The molecule has 4 rings (SSSR count). The lowest BCUT2D eigenvalue weighted by molar-refractivity contribution is -0.140. The van der Waals surface area contributed by atoms with Crippen LogP contribution in [0.3, 0.4) is 0 Å². The summed E-state index contributed by atoms with van der Waals surface area (Å²) in [5.41, 5.74) is 6.63. The third-order valence-electron chi connectivity index (χ3n) is 7.94. The zero-order chi connectivity index (χ0) is 24.8. The first-order valence-corrected chi connectivity index (χ1v) is 11.6. The molecule has 0 bridgehead atoms. The van der Waals surface area contributed by atoms with Crippen molar-refractivity contribution in [1.82, 2.24) is 4.90 Å². The van der Waals surface area contributed by atoms with Gasteiger partial charge in [-0.25, -0.2) is 4.90 Å². The van der Waals surface area contributed by atoms with Gasteiger partial charge in [0.2, 0.25) is 17.7 Å². The van der Waals surface area contributed by atoms with Gasteiger partial charge in [-0.15, -0.1) is 0 Å². The maximum atomic E-state index is 13.8. The predicted octanol–water partition coefficient (Wildman–Crippen LogP) is 3.17. The van der Waals surface area contributed by atoms with Crippen LogP contribution < -0.4 is 10.6 Å². The zero-order valence-corrected chi connectivity index (χ0v) is 20.1. The molecule has 1 aliphatic heterocycles. The summed E-state index contributed by atoms with van der Waals surface area (Å²) < 4.78 is 0.